The Balaban J connectivity index is 2.27. The van der Waals surface area contributed by atoms with Gasteiger partial charge in [0.25, 0.3) is 5.91 Å². The van der Waals surface area contributed by atoms with Crippen LogP contribution >= 0.6 is 0 Å². The minimum atomic E-state index is 0.171. The molecule has 1 amide bonds. The average molecular weight is 189 g/mol. The van der Waals surface area contributed by atoms with E-state index in [1.807, 2.05) is 30.9 Å². The third-order valence-electron chi connectivity index (χ3n) is 2.59. The molecule has 14 heavy (non-hydrogen) atoms. The van der Waals surface area contributed by atoms with Crippen LogP contribution in [0.3, 0.4) is 0 Å². The summed E-state index contributed by atoms with van der Waals surface area (Å²) in [6.07, 6.45) is 0. The monoisotopic (exact) mass is 189 g/mol. The van der Waals surface area contributed by atoms with Gasteiger partial charge < -0.3 is 4.90 Å². The summed E-state index contributed by atoms with van der Waals surface area (Å²) in [5.41, 5.74) is 3.14. The van der Waals surface area contributed by atoms with Crippen LogP contribution in [0.5, 0.6) is 0 Å². The van der Waals surface area contributed by atoms with Crippen LogP contribution in [0.25, 0.3) is 0 Å². The van der Waals surface area contributed by atoms with E-state index in [-0.39, 0.29) is 5.91 Å². The van der Waals surface area contributed by atoms with Gasteiger partial charge in [-0.15, -0.1) is 0 Å². The Morgan fingerprint density at radius 1 is 1.29 bits per heavy atom. The fourth-order valence-corrected chi connectivity index (χ4v) is 1.78. The molecular formula is C12H15NO. The first-order chi connectivity index (χ1) is 6.58. The Morgan fingerprint density at radius 2 is 1.79 bits per heavy atom. The zero-order chi connectivity index (χ0) is 10.3. The van der Waals surface area contributed by atoms with E-state index in [4.69, 9.17) is 0 Å². The molecule has 2 heteroatoms. The van der Waals surface area contributed by atoms with E-state index in [9.17, 15) is 4.79 Å². The second-order valence-electron chi connectivity index (χ2n) is 4.18. The Kier molecular flexibility index (Phi) is 2.06. The minimum Gasteiger partial charge on any atom is -0.332 e. The molecule has 1 saturated heterocycles. The van der Waals surface area contributed by atoms with Gasteiger partial charge in [0.2, 0.25) is 0 Å². The van der Waals surface area contributed by atoms with Crippen molar-refractivity contribution in [1.82, 2.24) is 4.90 Å². The van der Waals surface area contributed by atoms with E-state index in [0.717, 1.165) is 23.2 Å². The lowest BCUT2D eigenvalue weighted by Gasteiger charge is -2.05. The van der Waals surface area contributed by atoms with Crippen LogP contribution in [-0.2, 0) is 0 Å². The Labute approximate surface area is 84.5 Å². The van der Waals surface area contributed by atoms with Crippen LogP contribution in [0, 0.1) is 13.8 Å². The van der Waals surface area contributed by atoms with Crippen molar-refractivity contribution in [1.29, 1.82) is 0 Å². The highest BCUT2D eigenvalue weighted by Crippen LogP contribution is 2.21. The summed E-state index contributed by atoms with van der Waals surface area (Å²) >= 11 is 0. The van der Waals surface area contributed by atoms with Gasteiger partial charge in [0.15, 0.2) is 0 Å². The van der Waals surface area contributed by atoms with Crippen molar-refractivity contribution in [3.05, 3.63) is 34.9 Å². The maximum Gasteiger partial charge on any atom is 0.254 e. The van der Waals surface area contributed by atoms with E-state index < -0.39 is 0 Å². The molecule has 0 N–H and O–H groups in total. The molecule has 1 unspecified atom stereocenters. The summed E-state index contributed by atoms with van der Waals surface area (Å²) in [5, 5.41) is 0. The molecule has 2 nitrogen and oxygen atoms in total. The van der Waals surface area contributed by atoms with Gasteiger partial charge in [0.05, 0.1) is 0 Å². The van der Waals surface area contributed by atoms with Crippen LogP contribution in [0.15, 0.2) is 18.2 Å². The van der Waals surface area contributed by atoms with Crippen molar-refractivity contribution in [3.63, 3.8) is 0 Å². The van der Waals surface area contributed by atoms with E-state index in [1.54, 1.807) is 0 Å². The Morgan fingerprint density at radius 3 is 2.21 bits per heavy atom. The van der Waals surface area contributed by atoms with E-state index in [1.165, 1.54) is 0 Å². The van der Waals surface area contributed by atoms with Crippen LogP contribution in [0.1, 0.15) is 28.4 Å². The fraction of sp³-hybridized carbons (Fsp3) is 0.417. The first kappa shape index (κ1) is 9.25. The highest BCUT2D eigenvalue weighted by atomic mass is 16.2. The van der Waals surface area contributed by atoms with Crippen LogP contribution < -0.4 is 0 Å². The molecule has 0 aromatic heterocycles. The van der Waals surface area contributed by atoms with Crippen LogP contribution in [-0.4, -0.2) is 23.4 Å². The normalized spacial score (nSPS) is 19.6. The first-order valence-electron chi connectivity index (χ1n) is 4.97. The number of rotatable bonds is 1. The predicted octanol–water partition coefficient (Wildman–Crippen LogP) is 2.15. The third-order valence-corrected chi connectivity index (χ3v) is 2.59. The van der Waals surface area contributed by atoms with Crippen molar-refractivity contribution >= 4 is 5.91 Å². The second-order valence-corrected chi connectivity index (χ2v) is 4.18. The molecule has 1 fully saturated rings. The van der Waals surface area contributed by atoms with Gasteiger partial charge in [-0.3, -0.25) is 4.79 Å². The number of hydrogen-bond donors (Lipinski definition) is 0. The molecule has 1 atom stereocenters. The maximum atomic E-state index is 11.8. The number of hydrogen-bond acceptors (Lipinski definition) is 1. The van der Waals surface area contributed by atoms with Gasteiger partial charge in [-0.1, -0.05) is 17.2 Å². The smallest absolute Gasteiger partial charge is 0.254 e. The lowest BCUT2D eigenvalue weighted by Crippen LogP contribution is -2.12. The van der Waals surface area contributed by atoms with Crippen molar-refractivity contribution in [2.45, 2.75) is 26.8 Å². The number of aryl methyl sites for hydroxylation is 2. The van der Waals surface area contributed by atoms with Crippen molar-refractivity contribution in [3.8, 4) is 0 Å². The second kappa shape index (κ2) is 3.12. The van der Waals surface area contributed by atoms with E-state index >= 15 is 0 Å². The Hall–Kier alpha value is -1.31. The van der Waals surface area contributed by atoms with E-state index in [0.29, 0.717) is 6.04 Å². The molecule has 1 aromatic carbocycles. The van der Waals surface area contributed by atoms with Crippen molar-refractivity contribution < 1.29 is 4.79 Å². The molecule has 1 aliphatic rings. The molecule has 0 radical (unpaired) electrons. The molecule has 2 rings (SSSR count). The summed E-state index contributed by atoms with van der Waals surface area (Å²) in [4.78, 5) is 13.7. The SMILES string of the molecule is Cc1cc(C)cc(C(=O)N2CC2C)c1. The summed E-state index contributed by atoms with van der Waals surface area (Å²) < 4.78 is 0. The molecule has 0 aliphatic carbocycles. The molecule has 0 spiro atoms. The molecule has 1 aliphatic heterocycles. The Bertz CT molecular complexity index is 364. The molecule has 74 valence electrons. The largest absolute Gasteiger partial charge is 0.332 e. The van der Waals surface area contributed by atoms with Gasteiger partial charge in [0, 0.05) is 18.2 Å². The third kappa shape index (κ3) is 1.65. The summed E-state index contributed by atoms with van der Waals surface area (Å²) in [6, 6.07) is 6.44. The number of nitrogens with zero attached hydrogens (tertiary/aromatic N) is 1. The van der Waals surface area contributed by atoms with Gasteiger partial charge in [-0.2, -0.15) is 0 Å². The molecule has 1 heterocycles. The van der Waals surface area contributed by atoms with Crippen LogP contribution in [0.4, 0.5) is 0 Å². The highest BCUT2D eigenvalue weighted by Gasteiger charge is 2.34. The molecule has 0 saturated carbocycles. The number of carbonyl (C=O) groups excluding carboxylic acids is 1. The zero-order valence-corrected chi connectivity index (χ0v) is 8.87. The van der Waals surface area contributed by atoms with Gasteiger partial charge >= 0.3 is 0 Å². The lowest BCUT2D eigenvalue weighted by atomic mass is 10.1. The highest BCUT2D eigenvalue weighted by molar-refractivity contribution is 5.96. The fourth-order valence-electron chi connectivity index (χ4n) is 1.78. The topological polar surface area (TPSA) is 20.1 Å². The lowest BCUT2D eigenvalue weighted by molar-refractivity contribution is 0.0876. The number of benzene rings is 1. The summed E-state index contributed by atoms with van der Waals surface area (Å²) in [6.45, 7) is 7.03. The van der Waals surface area contributed by atoms with Gasteiger partial charge in [-0.05, 0) is 32.9 Å². The van der Waals surface area contributed by atoms with Crippen molar-refractivity contribution in [2.24, 2.45) is 0 Å². The summed E-state index contributed by atoms with van der Waals surface area (Å²) in [5.74, 6) is 0.171. The predicted molar refractivity (Wildman–Crippen MR) is 56.4 cm³/mol. The summed E-state index contributed by atoms with van der Waals surface area (Å²) in [7, 11) is 0. The average Bonchev–Trinajstić information content (AvgIpc) is 2.79. The number of amides is 1. The van der Waals surface area contributed by atoms with Gasteiger partial charge in [0.1, 0.15) is 0 Å². The van der Waals surface area contributed by atoms with E-state index in [2.05, 4.69) is 13.0 Å². The maximum absolute atomic E-state index is 11.8. The van der Waals surface area contributed by atoms with Crippen molar-refractivity contribution in [2.75, 3.05) is 6.54 Å². The molecule has 0 bridgehead atoms. The standard InChI is InChI=1S/C12H15NO/c1-8-4-9(2)6-11(5-8)12(14)13-7-10(13)3/h4-6,10H,7H2,1-3H3. The first-order valence-corrected chi connectivity index (χ1v) is 4.97. The number of carbonyl (C=O) groups is 1. The molecular weight excluding hydrogens is 174 g/mol. The quantitative estimate of drug-likeness (QED) is 0.620. The minimum absolute atomic E-state index is 0.171. The van der Waals surface area contributed by atoms with Crippen LogP contribution in [0.2, 0.25) is 0 Å². The zero-order valence-electron chi connectivity index (χ0n) is 8.87. The molecule has 1 aromatic rings. The van der Waals surface area contributed by atoms with Gasteiger partial charge in [-0.25, -0.2) is 0 Å².